The summed E-state index contributed by atoms with van der Waals surface area (Å²) < 4.78 is 9.47. The van der Waals surface area contributed by atoms with E-state index in [1.165, 1.54) is 29.9 Å². The molecule has 6 nitrogen and oxygen atoms in total. The molecule has 0 bridgehead atoms. The summed E-state index contributed by atoms with van der Waals surface area (Å²) in [7, 11) is 1.69. The topological polar surface area (TPSA) is 58.6 Å². The van der Waals surface area contributed by atoms with E-state index >= 15 is 0 Å². The molecule has 150 valence electrons. The van der Waals surface area contributed by atoms with Crippen LogP contribution >= 0.6 is 11.5 Å². The minimum absolute atomic E-state index is 0.177. The number of rotatable bonds is 5. The Hall–Kier alpha value is -1.99. The summed E-state index contributed by atoms with van der Waals surface area (Å²) in [6.45, 7) is 6.30. The summed E-state index contributed by atoms with van der Waals surface area (Å²) in [5.74, 6) is 2.24. The van der Waals surface area contributed by atoms with Crippen LogP contribution in [0.2, 0.25) is 0 Å². The second-order valence-electron chi connectivity index (χ2n) is 8.08. The largest absolute Gasteiger partial charge is 0.497 e. The number of piperidine rings is 1. The molecule has 1 aromatic carbocycles. The molecule has 0 aliphatic carbocycles. The highest BCUT2D eigenvalue weighted by Gasteiger charge is 2.38. The highest BCUT2D eigenvalue weighted by Crippen LogP contribution is 2.40. The third-order valence-electron chi connectivity index (χ3n) is 6.19. The lowest BCUT2D eigenvalue weighted by atomic mass is 9.87. The van der Waals surface area contributed by atoms with Crippen LogP contribution in [0.5, 0.6) is 5.75 Å². The fourth-order valence-corrected chi connectivity index (χ4v) is 4.88. The zero-order valence-corrected chi connectivity index (χ0v) is 17.4. The number of aromatic nitrogens is 2. The first-order valence-corrected chi connectivity index (χ1v) is 10.9. The molecule has 2 aromatic rings. The fraction of sp³-hybridized carbons (Fsp3) is 0.571. The number of carbonyl (C=O) groups is 1. The molecular formula is C21H28N4O2S. The number of nitrogens with zero attached hydrogens (tertiary/aromatic N) is 4. The minimum atomic E-state index is 0.177. The lowest BCUT2D eigenvalue weighted by Crippen LogP contribution is -2.42. The summed E-state index contributed by atoms with van der Waals surface area (Å²) in [5.41, 5.74) is 2.18. The first-order valence-electron chi connectivity index (χ1n) is 10.0. The monoisotopic (exact) mass is 400 g/mol. The fourth-order valence-electron chi connectivity index (χ4n) is 4.36. The van der Waals surface area contributed by atoms with Gasteiger partial charge < -0.3 is 9.64 Å². The highest BCUT2D eigenvalue weighted by molar-refractivity contribution is 7.03. The molecule has 0 spiro atoms. The lowest BCUT2D eigenvalue weighted by molar-refractivity contribution is -0.131. The van der Waals surface area contributed by atoms with Gasteiger partial charge in [-0.25, -0.2) is 0 Å². The van der Waals surface area contributed by atoms with Gasteiger partial charge in [0, 0.05) is 30.3 Å². The first-order chi connectivity index (χ1) is 13.6. The van der Waals surface area contributed by atoms with Crippen LogP contribution in [0.25, 0.3) is 0 Å². The van der Waals surface area contributed by atoms with Gasteiger partial charge in [-0.1, -0.05) is 23.5 Å². The molecule has 1 amide bonds. The molecule has 0 saturated carbocycles. The number of carbonyl (C=O) groups excluding carboxylic acids is 1. The van der Waals surface area contributed by atoms with Gasteiger partial charge in [0.2, 0.25) is 5.91 Å². The molecule has 2 fully saturated rings. The van der Waals surface area contributed by atoms with E-state index in [9.17, 15) is 4.79 Å². The lowest BCUT2D eigenvalue weighted by Gasteiger charge is -2.31. The smallest absolute Gasteiger partial charge is 0.236 e. The number of methoxy groups -OCH3 is 1. The normalized spacial score (nSPS) is 23.9. The maximum absolute atomic E-state index is 13.0. The van der Waals surface area contributed by atoms with Crippen molar-refractivity contribution in [1.82, 2.24) is 19.4 Å². The molecule has 2 aliphatic rings. The molecule has 7 heteroatoms. The van der Waals surface area contributed by atoms with Gasteiger partial charge in [0.05, 0.1) is 19.3 Å². The molecule has 2 saturated heterocycles. The summed E-state index contributed by atoms with van der Waals surface area (Å²) in [4.78, 5) is 17.4. The second-order valence-corrected chi connectivity index (χ2v) is 8.69. The van der Waals surface area contributed by atoms with Gasteiger partial charge in [-0.15, -0.1) is 5.10 Å². The van der Waals surface area contributed by atoms with Crippen molar-refractivity contribution in [3.05, 3.63) is 40.9 Å². The Kier molecular flexibility index (Phi) is 5.92. The van der Waals surface area contributed by atoms with Crippen LogP contribution < -0.4 is 4.74 Å². The molecule has 2 aliphatic heterocycles. The Morgan fingerprint density at radius 1 is 1.25 bits per heavy atom. The predicted octanol–water partition coefficient (Wildman–Crippen LogP) is 2.99. The zero-order valence-electron chi connectivity index (χ0n) is 16.6. The van der Waals surface area contributed by atoms with Crippen molar-refractivity contribution in [3.8, 4) is 5.75 Å². The van der Waals surface area contributed by atoms with Crippen molar-refractivity contribution >= 4 is 17.4 Å². The quantitative estimate of drug-likeness (QED) is 0.772. The second kappa shape index (κ2) is 8.57. The van der Waals surface area contributed by atoms with Crippen LogP contribution in [0.1, 0.15) is 42.9 Å². The van der Waals surface area contributed by atoms with E-state index < -0.39 is 0 Å². The minimum Gasteiger partial charge on any atom is -0.497 e. The average molecular weight is 401 g/mol. The van der Waals surface area contributed by atoms with Crippen molar-refractivity contribution in [2.24, 2.45) is 5.92 Å². The van der Waals surface area contributed by atoms with Crippen molar-refractivity contribution < 1.29 is 9.53 Å². The maximum atomic E-state index is 13.0. The third-order valence-corrected chi connectivity index (χ3v) is 6.71. The third kappa shape index (κ3) is 4.20. The van der Waals surface area contributed by atoms with Crippen molar-refractivity contribution in [2.45, 2.75) is 31.6 Å². The SMILES string of the molecule is COc1cccc([C@@H]2CN(C(=O)CN3CCC(C)CC3)C[C@H]2c2csnn2)c1. The van der Waals surface area contributed by atoms with E-state index in [1.807, 2.05) is 22.4 Å². The predicted molar refractivity (Wildman–Crippen MR) is 110 cm³/mol. The van der Waals surface area contributed by atoms with Gasteiger partial charge in [0.15, 0.2) is 0 Å². The Labute approximate surface area is 170 Å². The number of likely N-dealkylation sites (tertiary alicyclic amines) is 2. The average Bonchev–Trinajstić information content (AvgIpc) is 3.39. The van der Waals surface area contributed by atoms with Crippen LogP contribution in [0.15, 0.2) is 29.6 Å². The van der Waals surface area contributed by atoms with E-state index in [0.29, 0.717) is 13.1 Å². The number of ether oxygens (including phenoxy) is 1. The van der Waals surface area contributed by atoms with E-state index in [2.05, 4.69) is 33.5 Å². The van der Waals surface area contributed by atoms with E-state index in [4.69, 9.17) is 4.74 Å². The van der Waals surface area contributed by atoms with Crippen molar-refractivity contribution in [1.29, 1.82) is 0 Å². The molecule has 0 radical (unpaired) electrons. The van der Waals surface area contributed by atoms with Gasteiger partial charge in [-0.3, -0.25) is 9.69 Å². The Morgan fingerprint density at radius 3 is 2.75 bits per heavy atom. The summed E-state index contributed by atoms with van der Waals surface area (Å²) >= 11 is 1.37. The molecular weight excluding hydrogens is 372 g/mol. The highest BCUT2D eigenvalue weighted by atomic mass is 32.1. The molecule has 0 unspecified atom stereocenters. The van der Waals surface area contributed by atoms with Crippen molar-refractivity contribution in [3.63, 3.8) is 0 Å². The van der Waals surface area contributed by atoms with Crippen LogP contribution in [0, 0.1) is 5.92 Å². The van der Waals surface area contributed by atoms with Crippen LogP contribution in [0.3, 0.4) is 0 Å². The van der Waals surface area contributed by atoms with Gasteiger partial charge in [0.1, 0.15) is 5.75 Å². The molecule has 0 N–H and O–H groups in total. The summed E-state index contributed by atoms with van der Waals surface area (Å²) in [5, 5.41) is 6.33. The van der Waals surface area contributed by atoms with Crippen LogP contribution in [0.4, 0.5) is 0 Å². The standard InChI is InChI=1S/C21H28N4O2S/c1-15-6-8-24(9-7-15)13-21(26)25-11-18(16-4-3-5-17(10-16)27-2)19(12-25)20-14-28-23-22-20/h3-5,10,14-15,18-19H,6-9,11-13H2,1-2H3/t18-,19+/m0/s1. The maximum Gasteiger partial charge on any atom is 0.236 e. The number of hydrogen-bond acceptors (Lipinski definition) is 6. The molecule has 28 heavy (non-hydrogen) atoms. The number of benzene rings is 1. The van der Waals surface area contributed by atoms with Crippen molar-refractivity contribution in [2.75, 3.05) is 39.8 Å². The number of hydrogen-bond donors (Lipinski definition) is 0. The molecule has 1 aromatic heterocycles. The van der Waals surface area contributed by atoms with Gasteiger partial charge >= 0.3 is 0 Å². The van der Waals surface area contributed by atoms with E-state index in [1.54, 1.807) is 7.11 Å². The zero-order chi connectivity index (χ0) is 19.5. The Bertz CT molecular complexity index is 789. The van der Waals surface area contributed by atoms with Gasteiger partial charge in [-0.05, 0) is 61.1 Å². The Balaban J connectivity index is 1.50. The molecule has 2 atom stereocenters. The van der Waals surface area contributed by atoms with Crippen LogP contribution in [-0.4, -0.2) is 65.1 Å². The molecule has 4 rings (SSSR count). The van der Waals surface area contributed by atoms with E-state index in [0.717, 1.165) is 37.0 Å². The van der Waals surface area contributed by atoms with Gasteiger partial charge in [0.25, 0.3) is 0 Å². The molecule has 3 heterocycles. The Morgan fingerprint density at radius 2 is 2.04 bits per heavy atom. The summed E-state index contributed by atoms with van der Waals surface area (Å²) in [6.07, 6.45) is 2.37. The number of amides is 1. The van der Waals surface area contributed by atoms with Crippen LogP contribution in [-0.2, 0) is 4.79 Å². The first kappa shape index (κ1) is 19.3. The summed E-state index contributed by atoms with van der Waals surface area (Å²) in [6, 6.07) is 8.18. The van der Waals surface area contributed by atoms with E-state index in [-0.39, 0.29) is 17.7 Å². The van der Waals surface area contributed by atoms with Gasteiger partial charge in [-0.2, -0.15) is 0 Å².